The number of aryl methyl sites for hydroxylation is 2. The quantitative estimate of drug-likeness (QED) is 0.909. The molecule has 1 N–H and O–H groups in total. The number of anilines is 1. The average Bonchev–Trinajstić information content (AvgIpc) is 2.88. The lowest BCUT2D eigenvalue weighted by Crippen LogP contribution is -2.41. The molecular formula is C18H19FN2O3S. The topological polar surface area (TPSA) is 66.5 Å². The molecule has 1 unspecified atom stereocenters. The molecule has 0 aliphatic carbocycles. The number of sulfonamides is 1. The maximum Gasteiger partial charge on any atom is 0.245 e. The SMILES string of the molecule is Cc1ccc(S(=O)(=O)NC2CCN(c3ccc(F)cc3)C2=O)c(C)c1. The number of hydrogen-bond acceptors (Lipinski definition) is 3. The van der Waals surface area contributed by atoms with Gasteiger partial charge >= 0.3 is 0 Å². The molecule has 1 heterocycles. The number of halogens is 1. The lowest BCUT2D eigenvalue weighted by atomic mass is 10.2. The lowest BCUT2D eigenvalue weighted by molar-refractivity contribution is -0.118. The first-order valence-electron chi connectivity index (χ1n) is 7.94. The molecule has 0 spiro atoms. The van der Waals surface area contributed by atoms with Crippen LogP contribution in [0.25, 0.3) is 0 Å². The van der Waals surface area contributed by atoms with Crippen LogP contribution in [0.15, 0.2) is 47.4 Å². The van der Waals surface area contributed by atoms with Crippen molar-refractivity contribution in [3.63, 3.8) is 0 Å². The number of benzene rings is 2. The second kappa shape index (κ2) is 6.57. The Morgan fingerprint density at radius 1 is 1.12 bits per heavy atom. The van der Waals surface area contributed by atoms with Crippen molar-refractivity contribution >= 4 is 21.6 Å². The van der Waals surface area contributed by atoms with E-state index in [2.05, 4.69) is 4.72 Å². The van der Waals surface area contributed by atoms with Crippen LogP contribution in [0.2, 0.25) is 0 Å². The van der Waals surface area contributed by atoms with Crippen LogP contribution < -0.4 is 9.62 Å². The summed E-state index contributed by atoms with van der Waals surface area (Å²) < 4.78 is 40.8. The molecule has 0 radical (unpaired) electrons. The van der Waals surface area contributed by atoms with Crippen molar-refractivity contribution in [1.82, 2.24) is 4.72 Å². The highest BCUT2D eigenvalue weighted by Gasteiger charge is 2.36. The molecule has 7 heteroatoms. The molecule has 1 saturated heterocycles. The number of carbonyl (C=O) groups excluding carboxylic acids is 1. The molecular weight excluding hydrogens is 343 g/mol. The molecule has 0 saturated carbocycles. The van der Waals surface area contributed by atoms with Crippen LogP contribution in [0, 0.1) is 19.7 Å². The summed E-state index contributed by atoms with van der Waals surface area (Å²) in [4.78, 5) is 14.2. The van der Waals surface area contributed by atoms with Crippen molar-refractivity contribution in [2.45, 2.75) is 31.2 Å². The van der Waals surface area contributed by atoms with Gasteiger partial charge in [-0.2, -0.15) is 4.72 Å². The minimum atomic E-state index is -3.79. The van der Waals surface area contributed by atoms with E-state index in [1.807, 2.05) is 6.92 Å². The van der Waals surface area contributed by atoms with Gasteiger partial charge in [-0.15, -0.1) is 0 Å². The van der Waals surface area contributed by atoms with Gasteiger partial charge in [0.05, 0.1) is 4.90 Å². The Bertz CT molecular complexity index is 910. The first-order valence-corrected chi connectivity index (χ1v) is 9.43. The van der Waals surface area contributed by atoms with Crippen molar-refractivity contribution in [2.24, 2.45) is 0 Å². The largest absolute Gasteiger partial charge is 0.311 e. The first-order chi connectivity index (χ1) is 11.8. The number of hydrogen-bond donors (Lipinski definition) is 1. The Kier molecular flexibility index (Phi) is 4.62. The molecule has 1 atom stereocenters. The summed E-state index contributed by atoms with van der Waals surface area (Å²) in [5, 5.41) is 0. The molecule has 1 aliphatic heterocycles. The number of nitrogens with zero attached hydrogens (tertiary/aromatic N) is 1. The third-order valence-electron chi connectivity index (χ3n) is 4.26. The second-order valence-electron chi connectivity index (χ2n) is 6.20. The molecule has 1 fully saturated rings. The fourth-order valence-corrected chi connectivity index (χ4v) is 4.47. The minimum Gasteiger partial charge on any atom is -0.311 e. The van der Waals surface area contributed by atoms with Crippen molar-refractivity contribution in [3.05, 3.63) is 59.4 Å². The van der Waals surface area contributed by atoms with Gasteiger partial charge in [0.15, 0.2) is 0 Å². The van der Waals surface area contributed by atoms with E-state index in [4.69, 9.17) is 0 Å². The summed E-state index contributed by atoms with van der Waals surface area (Å²) in [5.41, 5.74) is 2.16. The van der Waals surface area contributed by atoms with E-state index < -0.39 is 16.1 Å². The number of carbonyl (C=O) groups is 1. The zero-order valence-electron chi connectivity index (χ0n) is 14.0. The summed E-state index contributed by atoms with van der Waals surface area (Å²) in [7, 11) is -3.79. The van der Waals surface area contributed by atoms with Crippen LogP contribution in [0.1, 0.15) is 17.5 Å². The number of amides is 1. The molecule has 5 nitrogen and oxygen atoms in total. The summed E-state index contributed by atoms with van der Waals surface area (Å²) in [6, 6.07) is 9.80. The highest BCUT2D eigenvalue weighted by atomic mass is 32.2. The Hall–Kier alpha value is -2.25. The van der Waals surface area contributed by atoms with E-state index in [-0.39, 0.29) is 16.6 Å². The summed E-state index contributed by atoms with van der Waals surface area (Å²) in [6.45, 7) is 3.99. The van der Waals surface area contributed by atoms with Gasteiger partial charge in [-0.25, -0.2) is 12.8 Å². The fourth-order valence-electron chi connectivity index (χ4n) is 3.02. The molecule has 3 rings (SSSR count). The smallest absolute Gasteiger partial charge is 0.245 e. The fraction of sp³-hybridized carbons (Fsp3) is 0.278. The van der Waals surface area contributed by atoms with Crippen LogP contribution in [0.3, 0.4) is 0 Å². The van der Waals surface area contributed by atoms with E-state index in [1.165, 1.54) is 29.2 Å². The second-order valence-corrected chi connectivity index (χ2v) is 7.88. The zero-order chi connectivity index (χ0) is 18.2. The Balaban J connectivity index is 1.79. The predicted octanol–water partition coefficient (Wildman–Crippen LogP) is 2.53. The minimum absolute atomic E-state index is 0.172. The van der Waals surface area contributed by atoms with E-state index in [0.29, 0.717) is 24.2 Å². The third-order valence-corrected chi connectivity index (χ3v) is 5.89. The normalized spacial score (nSPS) is 18.0. The van der Waals surface area contributed by atoms with Crippen LogP contribution in [0.5, 0.6) is 0 Å². The lowest BCUT2D eigenvalue weighted by Gasteiger charge is -2.17. The molecule has 2 aromatic rings. The number of nitrogens with one attached hydrogen (secondary N) is 1. The summed E-state index contributed by atoms with van der Waals surface area (Å²) in [5.74, 6) is -0.720. The third kappa shape index (κ3) is 3.57. The van der Waals surface area contributed by atoms with Crippen molar-refractivity contribution < 1.29 is 17.6 Å². The van der Waals surface area contributed by atoms with Gasteiger partial charge in [-0.05, 0) is 56.2 Å². The Morgan fingerprint density at radius 3 is 2.44 bits per heavy atom. The van der Waals surface area contributed by atoms with Crippen LogP contribution in [-0.2, 0) is 14.8 Å². The highest BCUT2D eigenvalue weighted by molar-refractivity contribution is 7.89. The molecule has 2 aromatic carbocycles. The standard InChI is InChI=1S/C18H19FN2O3S/c1-12-3-8-17(13(2)11-12)25(23,24)20-16-9-10-21(18(16)22)15-6-4-14(19)5-7-15/h3-8,11,16,20H,9-10H2,1-2H3. The molecule has 0 bridgehead atoms. The van der Waals surface area contributed by atoms with Gasteiger partial charge in [0.2, 0.25) is 15.9 Å². The van der Waals surface area contributed by atoms with E-state index >= 15 is 0 Å². The number of rotatable bonds is 4. The maximum atomic E-state index is 13.0. The molecule has 1 amide bonds. The van der Waals surface area contributed by atoms with E-state index in [1.54, 1.807) is 25.1 Å². The van der Waals surface area contributed by atoms with Crippen molar-refractivity contribution in [1.29, 1.82) is 0 Å². The molecule has 25 heavy (non-hydrogen) atoms. The Labute approximate surface area is 146 Å². The van der Waals surface area contributed by atoms with Gasteiger partial charge in [0.25, 0.3) is 0 Å². The van der Waals surface area contributed by atoms with Crippen molar-refractivity contribution in [3.8, 4) is 0 Å². The summed E-state index contributed by atoms with van der Waals surface area (Å²) >= 11 is 0. The van der Waals surface area contributed by atoms with Gasteiger partial charge in [0, 0.05) is 12.2 Å². The van der Waals surface area contributed by atoms with Gasteiger partial charge in [-0.1, -0.05) is 17.7 Å². The summed E-state index contributed by atoms with van der Waals surface area (Å²) in [6.07, 6.45) is 0.361. The highest BCUT2D eigenvalue weighted by Crippen LogP contribution is 2.24. The van der Waals surface area contributed by atoms with Gasteiger partial charge in [0.1, 0.15) is 11.9 Å². The first kappa shape index (κ1) is 17.6. The predicted molar refractivity (Wildman–Crippen MR) is 93.4 cm³/mol. The van der Waals surface area contributed by atoms with Crippen LogP contribution in [-0.4, -0.2) is 26.9 Å². The molecule has 132 valence electrons. The Morgan fingerprint density at radius 2 is 1.80 bits per heavy atom. The van der Waals surface area contributed by atoms with E-state index in [9.17, 15) is 17.6 Å². The average molecular weight is 362 g/mol. The van der Waals surface area contributed by atoms with Crippen LogP contribution >= 0.6 is 0 Å². The molecule has 0 aromatic heterocycles. The van der Waals surface area contributed by atoms with Gasteiger partial charge in [-0.3, -0.25) is 4.79 Å². The zero-order valence-corrected chi connectivity index (χ0v) is 14.8. The monoisotopic (exact) mass is 362 g/mol. The maximum absolute atomic E-state index is 13.0. The van der Waals surface area contributed by atoms with Crippen molar-refractivity contribution in [2.75, 3.05) is 11.4 Å². The van der Waals surface area contributed by atoms with Crippen LogP contribution in [0.4, 0.5) is 10.1 Å². The van der Waals surface area contributed by atoms with E-state index in [0.717, 1.165) is 5.56 Å². The van der Waals surface area contributed by atoms with Gasteiger partial charge < -0.3 is 4.90 Å². The molecule has 1 aliphatic rings.